The molecule has 0 saturated heterocycles. The van der Waals surface area contributed by atoms with Gasteiger partial charge in [0, 0.05) is 18.3 Å². The monoisotopic (exact) mass is 291 g/mol. The van der Waals surface area contributed by atoms with Gasteiger partial charge in [-0.15, -0.1) is 0 Å². The molecule has 1 aromatic heterocycles. The smallest absolute Gasteiger partial charge is 0.356 e. The quantitative estimate of drug-likeness (QED) is 0.646. The van der Waals surface area contributed by atoms with Crippen LogP contribution in [-0.4, -0.2) is 32.4 Å². The van der Waals surface area contributed by atoms with Gasteiger partial charge in [-0.3, -0.25) is 10.1 Å². The van der Waals surface area contributed by atoms with E-state index in [4.69, 9.17) is 9.84 Å². The van der Waals surface area contributed by atoms with E-state index in [0.717, 1.165) is 6.42 Å². The first-order chi connectivity index (χ1) is 10.0. The lowest BCUT2D eigenvalue weighted by Gasteiger charge is -2.07. The molecular formula is C13H13N3O5. The van der Waals surface area contributed by atoms with Crippen LogP contribution < -0.4 is 4.74 Å². The van der Waals surface area contributed by atoms with E-state index in [0.29, 0.717) is 18.0 Å². The fourth-order valence-corrected chi connectivity index (χ4v) is 1.69. The van der Waals surface area contributed by atoms with Crippen LogP contribution in [0.4, 0.5) is 5.69 Å². The summed E-state index contributed by atoms with van der Waals surface area (Å²) in [5, 5.41) is 23.6. The third-order valence-corrected chi connectivity index (χ3v) is 2.63. The molecule has 0 aliphatic rings. The highest BCUT2D eigenvalue weighted by atomic mass is 16.6. The van der Waals surface area contributed by atoms with Crippen LogP contribution in [0.15, 0.2) is 30.5 Å². The number of carboxylic acid groups (broad SMARTS) is 1. The number of hydrogen-bond acceptors (Lipinski definition) is 5. The average molecular weight is 291 g/mol. The zero-order valence-electron chi connectivity index (χ0n) is 11.2. The summed E-state index contributed by atoms with van der Waals surface area (Å²) in [5.41, 5.74) is 0.0753. The van der Waals surface area contributed by atoms with Crippen molar-refractivity contribution >= 4 is 11.7 Å². The molecule has 0 amide bonds. The summed E-state index contributed by atoms with van der Waals surface area (Å²) in [7, 11) is 0. The maximum atomic E-state index is 11.0. The van der Waals surface area contributed by atoms with Crippen molar-refractivity contribution in [2.24, 2.45) is 0 Å². The SMILES string of the molecule is CCCOc1cc(-n2ccc(C(=O)O)n2)cc([N+](=O)[O-])c1. The van der Waals surface area contributed by atoms with Crippen LogP contribution in [-0.2, 0) is 0 Å². The van der Waals surface area contributed by atoms with Gasteiger partial charge in [-0.1, -0.05) is 6.92 Å². The first-order valence-corrected chi connectivity index (χ1v) is 6.23. The second kappa shape index (κ2) is 6.04. The second-order valence-electron chi connectivity index (χ2n) is 4.24. The maximum absolute atomic E-state index is 11.0. The van der Waals surface area contributed by atoms with E-state index < -0.39 is 10.9 Å². The van der Waals surface area contributed by atoms with E-state index >= 15 is 0 Å². The molecule has 1 heterocycles. The molecule has 21 heavy (non-hydrogen) atoms. The van der Waals surface area contributed by atoms with E-state index in [9.17, 15) is 14.9 Å². The number of non-ortho nitro benzene ring substituents is 1. The summed E-state index contributed by atoms with van der Waals surface area (Å²) in [5.74, 6) is -0.824. The number of carbonyl (C=O) groups is 1. The lowest BCUT2D eigenvalue weighted by Crippen LogP contribution is -2.03. The summed E-state index contributed by atoms with van der Waals surface area (Å²) in [6.07, 6.45) is 2.19. The number of aromatic carboxylic acids is 1. The Morgan fingerprint density at radius 3 is 2.81 bits per heavy atom. The van der Waals surface area contributed by atoms with Gasteiger partial charge in [0.15, 0.2) is 5.69 Å². The van der Waals surface area contributed by atoms with Crippen molar-refractivity contribution < 1.29 is 19.6 Å². The van der Waals surface area contributed by atoms with Crippen molar-refractivity contribution in [3.63, 3.8) is 0 Å². The third kappa shape index (κ3) is 3.35. The Hall–Kier alpha value is -2.90. The maximum Gasteiger partial charge on any atom is 0.356 e. The number of hydrogen-bond donors (Lipinski definition) is 1. The Morgan fingerprint density at radius 2 is 2.24 bits per heavy atom. The van der Waals surface area contributed by atoms with Crippen LogP contribution in [0.3, 0.4) is 0 Å². The zero-order valence-corrected chi connectivity index (χ0v) is 11.2. The normalized spacial score (nSPS) is 10.3. The van der Waals surface area contributed by atoms with Gasteiger partial charge in [-0.05, 0) is 12.5 Å². The van der Waals surface area contributed by atoms with Crippen molar-refractivity contribution in [1.29, 1.82) is 0 Å². The van der Waals surface area contributed by atoms with E-state index in [1.54, 1.807) is 6.07 Å². The minimum atomic E-state index is -1.17. The summed E-state index contributed by atoms with van der Waals surface area (Å²) in [6, 6.07) is 5.51. The Morgan fingerprint density at radius 1 is 1.48 bits per heavy atom. The van der Waals surface area contributed by atoms with Gasteiger partial charge in [-0.25, -0.2) is 9.48 Å². The molecule has 0 radical (unpaired) electrons. The van der Waals surface area contributed by atoms with Gasteiger partial charge in [0.05, 0.1) is 23.3 Å². The predicted molar refractivity (Wildman–Crippen MR) is 73.0 cm³/mol. The van der Waals surface area contributed by atoms with E-state index in [1.165, 1.54) is 29.1 Å². The summed E-state index contributed by atoms with van der Waals surface area (Å²) in [4.78, 5) is 21.2. The highest BCUT2D eigenvalue weighted by Gasteiger charge is 2.14. The number of benzene rings is 1. The van der Waals surface area contributed by atoms with Crippen molar-refractivity contribution in [1.82, 2.24) is 9.78 Å². The molecule has 2 rings (SSSR count). The molecule has 0 atom stereocenters. The lowest BCUT2D eigenvalue weighted by molar-refractivity contribution is -0.384. The molecule has 2 aromatic rings. The van der Waals surface area contributed by atoms with Gasteiger partial charge in [0.25, 0.3) is 5.69 Å². The van der Waals surface area contributed by atoms with Crippen LogP contribution in [0.1, 0.15) is 23.8 Å². The Labute approximate surface area is 119 Å². The standard InChI is InChI=1S/C13H13N3O5/c1-2-5-21-11-7-9(6-10(8-11)16(19)20)15-4-3-12(14-15)13(17)18/h3-4,6-8H,2,5H2,1H3,(H,17,18). The molecule has 0 unspecified atom stereocenters. The highest BCUT2D eigenvalue weighted by Crippen LogP contribution is 2.25. The highest BCUT2D eigenvalue weighted by molar-refractivity contribution is 5.85. The molecule has 0 saturated carbocycles. The lowest BCUT2D eigenvalue weighted by atomic mass is 10.2. The molecule has 0 fully saturated rings. The Bertz CT molecular complexity index is 680. The van der Waals surface area contributed by atoms with Crippen LogP contribution >= 0.6 is 0 Å². The van der Waals surface area contributed by atoms with Crippen LogP contribution in [0.25, 0.3) is 5.69 Å². The topological polar surface area (TPSA) is 107 Å². The average Bonchev–Trinajstić information content (AvgIpc) is 2.94. The number of nitro benzene ring substituents is 1. The number of nitro groups is 1. The van der Waals surface area contributed by atoms with Crippen LogP contribution in [0.5, 0.6) is 5.75 Å². The molecule has 0 spiro atoms. The first kappa shape index (κ1) is 14.5. The summed E-state index contributed by atoms with van der Waals surface area (Å²) >= 11 is 0. The first-order valence-electron chi connectivity index (χ1n) is 6.23. The Balaban J connectivity index is 2.42. The van der Waals surface area contributed by atoms with Gasteiger partial charge >= 0.3 is 5.97 Å². The number of aromatic nitrogens is 2. The van der Waals surface area contributed by atoms with Gasteiger partial charge in [0.1, 0.15) is 5.75 Å². The van der Waals surface area contributed by atoms with E-state index in [2.05, 4.69) is 5.10 Å². The minimum absolute atomic E-state index is 0.141. The largest absolute Gasteiger partial charge is 0.493 e. The minimum Gasteiger partial charge on any atom is -0.493 e. The molecular weight excluding hydrogens is 278 g/mol. The molecule has 0 aliphatic carbocycles. The van der Waals surface area contributed by atoms with Crippen LogP contribution in [0.2, 0.25) is 0 Å². The molecule has 8 nitrogen and oxygen atoms in total. The molecule has 1 N–H and O–H groups in total. The Kier molecular flexibility index (Phi) is 4.17. The second-order valence-corrected chi connectivity index (χ2v) is 4.24. The van der Waals surface area contributed by atoms with Gasteiger partial charge < -0.3 is 9.84 Å². The predicted octanol–water partition coefficient (Wildman–Crippen LogP) is 2.27. The molecule has 8 heteroatoms. The molecule has 1 aromatic carbocycles. The number of ether oxygens (including phenoxy) is 1. The van der Waals surface area contributed by atoms with Crippen molar-refractivity contribution in [2.75, 3.05) is 6.61 Å². The van der Waals surface area contributed by atoms with Crippen LogP contribution in [0, 0.1) is 10.1 Å². The fourth-order valence-electron chi connectivity index (χ4n) is 1.69. The third-order valence-electron chi connectivity index (χ3n) is 2.63. The van der Waals surface area contributed by atoms with Gasteiger partial charge in [-0.2, -0.15) is 5.10 Å². The molecule has 0 aliphatic heterocycles. The zero-order chi connectivity index (χ0) is 15.4. The van der Waals surface area contributed by atoms with Crippen molar-refractivity contribution in [3.8, 4) is 11.4 Å². The summed E-state index contributed by atoms with van der Waals surface area (Å²) < 4.78 is 6.66. The van der Waals surface area contributed by atoms with E-state index in [-0.39, 0.29) is 11.4 Å². The molecule has 0 bridgehead atoms. The van der Waals surface area contributed by atoms with E-state index in [1.807, 2.05) is 6.92 Å². The fraction of sp³-hybridized carbons (Fsp3) is 0.231. The van der Waals surface area contributed by atoms with Crippen molar-refractivity contribution in [3.05, 3.63) is 46.3 Å². The van der Waals surface area contributed by atoms with Crippen molar-refractivity contribution in [2.45, 2.75) is 13.3 Å². The molecule has 110 valence electrons. The summed E-state index contributed by atoms with van der Waals surface area (Å²) in [6.45, 7) is 2.35. The number of nitrogens with zero attached hydrogens (tertiary/aromatic N) is 3. The number of rotatable bonds is 6. The number of carboxylic acids is 1. The van der Waals surface area contributed by atoms with Gasteiger partial charge in [0.2, 0.25) is 0 Å².